The molecule has 1 amide bonds. The highest BCUT2D eigenvalue weighted by atomic mass is 16.5. The van der Waals surface area contributed by atoms with Crippen molar-refractivity contribution in [3.05, 3.63) is 59.2 Å². The molecule has 0 fully saturated rings. The van der Waals surface area contributed by atoms with E-state index in [0.717, 1.165) is 23.4 Å². The van der Waals surface area contributed by atoms with Crippen molar-refractivity contribution >= 4 is 11.6 Å². The molecule has 0 spiro atoms. The predicted molar refractivity (Wildman–Crippen MR) is 106 cm³/mol. The SMILES string of the molecule is Cc1ccc(C(C)C)c(OCC(=O)N2CCN(C)c3ccccc3C2)c1. The lowest BCUT2D eigenvalue weighted by molar-refractivity contribution is -0.133. The van der Waals surface area contributed by atoms with Gasteiger partial charge in [0.05, 0.1) is 0 Å². The summed E-state index contributed by atoms with van der Waals surface area (Å²) in [5.74, 6) is 1.21. The first-order valence-corrected chi connectivity index (χ1v) is 9.26. The minimum absolute atomic E-state index is 0.0336. The van der Waals surface area contributed by atoms with Gasteiger partial charge in [-0.1, -0.05) is 44.2 Å². The minimum Gasteiger partial charge on any atom is -0.483 e. The van der Waals surface area contributed by atoms with Crippen LogP contribution < -0.4 is 9.64 Å². The van der Waals surface area contributed by atoms with Crippen molar-refractivity contribution in [2.24, 2.45) is 0 Å². The van der Waals surface area contributed by atoms with E-state index >= 15 is 0 Å². The number of para-hydroxylation sites is 1. The Bertz CT molecular complexity index is 785. The maximum absolute atomic E-state index is 12.8. The molecule has 0 aliphatic carbocycles. The van der Waals surface area contributed by atoms with E-state index in [0.29, 0.717) is 19.0 Å². The van der Waals surface area contributed by atoms with Crippen LogP contribution in [0.25, 0.3) is 0 Å². The molecule has 1 aliphatic heterocycles. The lowest BCUT2D eigenvalue weighted by Crippen LogP contribution is -2.37. The molecule has 3 rings (SSSR count). The molecule has 0 bridgehead atoms. The number of fused-ring (bicyclic) bond motifs is 1. The molecule has 4 heteroatoms. The summed E-state index contributed by atoms with van der Waals surface area (Å²) in [6, 6.07) is 14.5. The number of anilines is 1. The average molecular weight is 352 g/mol. The zero-order chi connectivity index (χ0) is 18.7. The van der Waals surface area contributed by atoms with Gasteiger partial charge in [-0.25, -0.2) is 0 Å². The first-order chi connectivity index (χ1) is 12.5. The quantitative estimate of drug-likeness (QED) is 0.834. The van der Waals surface area contributed by atoms with E-state index in [4.69, 9.17) is 4.74 Å². The normalized spacial score (nSPS) is 14.2. The average Bonchev–Trinajstić information content (AvgIpc) is 2.79. The molecule has 2 aromatic rings. The summed E-state index contributed by atoms with van der Waals surface area (Å²) in [5, 5.41) is 0. The van der Waals surface area contributed by atoms with Crippen LogP contribution in [0.2, 0.25) is 0 Å². The molecular formula is C22H28N2O2. The molecule has 1 heterocycles. The number of hydrogen-bond donors (Lipinski definition) is 0. The summed E-state index contributed by atoms with van der Waals surface area (Å²) in [7, 11) is 2.07. The summed E-state index contributed by atoms with van der Waals surface area (Å²) in [6.07, 6.45) is 0. The smallest absolute Gasteiger partial charge is 0.260 e. The molecule has 138 valence electrons. The van der Waals surface area contributed by atoms with E-state index in [1.165, 1.54) is 11.3 Å². The molecule has 4 nitrogen and oxygen atoms in total. The molecule has 0 atom stereocenters. The van der Waals surface area contributed by atoms with Gasteiger partial charge in [-0.2, -0.15) is 0 Å². The Hall–Kier alpha value is -2.49. The van der Waals surface area contributed by atoms with Gasteiger partial charge in [0.2, 0.25) is 0 Å². The number of hydrogen-bond acceptors (Lipinski definition) is 3. The van der Waals surface area contributed by atoms with Crippen LogP contribution in [0.1, 0.15) is 36.5 Å². The van der Waals surface area contributed by atoms with Gasteiger partial charge >= 0.3 is 0 Å². The third-order valence-electron chi connectivity index (χ3n) is 4.96. The van der Waals surface area contributed by atoms with E-state index in [9.17, 15) is 4.79 Å². The highest BCUT2D eigenvalue weighted by molar-refractivity contribution is 5.78. The molecule has 0 radical (unpaired) electrons. The van der Waals surface area contributed by atoms with E-state index in [1.54, 1.807) is 0 Å². The molecule has 0 unspecified atom stereocenters. The molecule has 0 saturated carbocycles. The van der Waals surface area contributed by atoms with Crippen LogP contribution in [0.15, 0.2) is 42.5 Å². The van der Waals surface area contributed by atoms with Crippen molar-refractivity contribution in [3.8, 4) is 5.75 Å². The zero-order valence-electron chi connectivity index (χ0n) is 16.2. The number of ether oxygens (including phenoxy) is 1. The lowest BCUT2D eigenvalue weighted by atomic mass is 10.0. The second kappa shape index (κ2) is 7.81. The molecule has 0 saturated heterocycles. The first kappa shape index (κ1) is 18.3. The lowest BCUT2D eigenvalue weighted by Gasteiger charge is -2.22. The number of carbonyl (C=O) groups excluding carboxylic acids is 1. The summed E-state index contributed by atoms with van der Waals surface area (Å²) in [6.45, 7) is 8.56. The first-order valence-electron chi connectivity index (χ1n) is 9.26. The number of aryl methyl sites for hydroxylation is 1. The Morgan fingerprint density at radius 3 is 2.69 bits per heavy atom. The third kappa shape index (κ3) is 4.01. The van der Waals surface area contributed by atoms with E-state index in [1.807, 2.05) is 30.0 Å². The van der Waals surface area contributed by atoms with Crippen molar-refractivity contribution in [1.29, 1.82) is 0 Å². The number of rotatable bonds is 4. The van der Waals surface area contributed by atoms with E-state index in [-0.39, 0.29) is 12.5 Å². The Morgan fingerprint density at radius 2 is 1.92 bits per heavy atom. The van der Waals surface area contributed by atoms with Crippen LogP contribution in [0, 0.1) is 6.92 Å². The molecule has 1 aliphatic rings. The fraction of sp³-hybridized carbons (Fsp3) is 0.409. The molecule has 2 aromatic carbocycles. The number of amides is 1. The maximum atomic E-state index is 12.8. The van der Waals surface area contributed by atoms with Crippen molar-refractivity contribution < 1.29 is 9.53 Å². The third-order valence-corrected chi connectivity index (χ3v) is 4.96. The standard InChI is InChI=1S/C22H28N2O2/c1-16(2)19-10-9-17(3)13-21(19)26-15-22(25)24-12-11-23(4)20-8-6-5-7-18(20)14-24/h5-10,13,16H,11-12,14-15H2,1-4H3. The Balaban J connectivity index is 1.71. The Labute approximate surface area is 156 Å². The second-order valence-corrected chi connectivity index (χ2v) is 7.35. The zero-order valence-corrected chi connectivity index (χ0v) is 16.2. The van der Waals surface area contributed by atoms with E-state index in [2.05, 4.69) is 50.1 Å². The number of likely N-dealkylation sites (N-methyl/N-ethyl adjacent to an activating group) is 1. The van der Waals surface area contributed by atoms with Gasteiger partial charge in [-0.3, -0.25) is 4.79 Å². The number of nitrogens with zero attached hydrogens (tertiary/aromatic N) is 2. The fourth-order valence-corrected chi connectivity index (χ4v) is 3.38. The summed E-state index contributed by atoms with van der Waals surface area (Å²) >= 11 is 0. The number of carbonyl (C=O) groups is 1. The molecule has 0 N–H and O–H groups in total. The maximum Gasteiger partial charge on any atom is 0.260 e. The Morgan fingerprint density at radius 1 is 1.15 bits per heavy atom. The van der Waals surface area contributed by atoms with Gasteiger partial charge < -0.3 is 14.5 Å². The topological polar surface area (TPSA) is 32.8 Å². The van der Waals surface area contributed by atoms with Crippen LogP contribution in [-0.4, -0.2) is 37.6 Å². The highest BCUT2D eigenvalue weighted by Gasteiger charge is 2.21. The van der Waals surface area contributed by atoms with E-state index < -0.39 is 0 Å². The molecule has 26 heavy (non-hydrogen) atoms. The number of benzene rings is 2. The predicted octanol–water partition coefficient (Wildman–Crippen LogP) is 3.98. The molecular weight excluding hydrogens is 324 g/mol. The van der Waals surface area contributed by atoms with Crippen LogP contribution in [-0.2, 0) is 11.3 Å². The van der Waals surface area contributed by atoms with Crippen molar-refractivity contribution in [2.75, 3.05) is 31.6 Å². The van der Waals surface area contributed by atoms with Gasteiger partial charge in [-0.05, 0) is 41.7 Å². The fourth-order valence-electron chi connectivity index (χ4n) is 3.38. The minimum atomic E-state index is 0.0336. The van der Waals surface area contributed by atoms with Crippen molar-refractivity contribution in [1.82, 2.24) is 4.90 Å². The highest BCUT2D eigenvalue weighted by Crippen LogP contribution is 2.28. The summed E-state index contributed by atoms with van der Waals surface area (Å²) in [4.78, 5) is 16.9. The van der Waals surface area contributed by atoms with Crippen molar-refractivity contribution in [2.45, 2.75) is 33.2 Å². The molecule has 0 aromatic heterocycles. The van der Waals surface area contributed by atoms with Crippen LogP contribution in [0.5, 0.6) is 5.75 Å². The second-order valence-electron chi connectivity index (χ2n) is 7.35. The van der Waals surface area contributed by atoms with Gasteiger partial charge in [-0.15, -0.1) is 0 Å². The van der Waals surface area contributed by atoms with Crippen LogP contribution >= 0.6 is 0 Å². The van der Waals surface area contributed by atoms with Crippen LogP contribution in [0.4, 0.5) is 5.69 Å². The van der Waals surface area contributed by atoms with Gasteiger partial charge in [0.25, 0.3) is 5.91 Å². The van der Waals surface area contributed by atoms with Gasteiger partial charge in [0.1, 0.15) is 5.75 Å². The monoisotopic (exact) mass is 352 g/mol. The largest absolute Gasteiger partial charge is 0.483 e. The van der Waals surface area contributed by atoms with Crippen molar-refractivity contribution in [3.63, 3.8) is 0 Å². The van der Waals surface area contributed by atoms with Gasteiger partial charge in [0.15, 0.2) is 6.61 Å². The summed E-state index contributed by atoms with van der Waals surface area (Å²) in [5.41, 5.74) is 4.66. The Kier molecular flexibility index (Phi) is 5.50. The van der Waals surface area contributed by atoms with Gasteiger partial charge in [0, 0.05) is 32.4 Å². The summed E-state index contributed by atoms with van der Waals surface area (Å²) < 4.78 is 5.95. The van der Waals surface area contributed by atoms with Crippen LogP contribution in [0.3, 0.4) is 0 Å².